The third kappa shape index (κ3) is 3.96. The van der Waals surface area contributed by atoms with E-state index in [0.717, 1.165) is 12.1 Å². The largest absolute Gasteiger partial charge is 0.454 e. The summed E-state index contributed by atoms with van der Waals surface area (Å²) in [6, 6.07) is 13.5. The molecule has 1 aliphatic rings. The van der Waals surface area contributed by atoms with Gasteiger partial charge in [-0.2, -0.15) is 0 Å². The molecule has 0 amide bonds. The summed E-state index contributed by atoms with van der Waals surface area (Å²) >= 11 is 0. The Hall–Kier alpha value is -2.75. The number of nitrogens with one attached hydrogen (secondary N) is 1. The second-order valence-corrected chi connectivity index (χ2v) is 5.71. The zero-order valence-corrected chi connectivity index (χ0v) is 13.7. The number of hydrogen-bond donors (Lipinski definition) is 1. The van der Waals surface area contributed by atoms with Crippen LogP contribution in [0, 0.1) is 0 Å². The highest BCUT2D eigenvalue weighted by molar-refractivity contribution is 6.05. The first-order valence-corrected chi connectivity index (χ1v) is 8.22. The van der Waals surface area contributed by atoms with E-state index < -0.39 is 0 Å². The number of carbonyl (C=O) groups excluding carboxylic acids is 1. The van der Waals surface area contributed by atoms with Crippen molar-refractivity contribution in [2.75, 3.05) is 12.1 Å². The standard InChI is InChI=1S/C20H21NO3/c1-2-3-4-15-5-8-17(9-6-15)21-12-11-18(22)16-7-10-19-20(13-16)24-14-23-19/h5-13,21H,2-4,14H2,1H3. The van der Waals surface area contributed by atoms with Gasteiger partial charge in [-0.3, -0.25) is 4.79 Å². The third-order valence-electron chi connectivity index (χ3n) is 3.91. The molecule has 1 aliphatic heterocycles. The minimum Gasteiger partial charge on any atom is -0.454 e. The molecular formula is C20H21NO3. The van der Waals surface area contributed by atoms with Gasteiger partial charge in [0.05, 0.1) is 0 Å². The lowest BCUT2D eigenvalue weighted by Gasteiger charge is -2.03. The normalized spacial score (nSPS) is 12.5. The van der Waals surface area contributed by atoms with Crippen molar-refractivity contribution in [3.05, 3.63) is 65.9 Å². The molecule has 124 valence electrons. The Kier molecular flexibility index (Phi) is 5.16. The molecule has 0 saturated heterocycles. The Labute approximate surface area is 142 Å². The molecule has 0 radical (unpaired) electrons. The van der Waals surface area contributed by atoms with Crippen molar-refractivity contribution in [1.82, 2.24) is 0 Å². The second kappa shape index (κ2) is 7.68. The lowest BCUT2D eigenvalue weighted by Crippen LogP contribution is -1.96. The van der Waals surface area contributed by atoms with Crippen LogP contribution in [0.3, 0.4) is 0 Å². The van der Waals surface area contributed by atoms with Crippen LogP contribution in [0.15, 0.2) is 54.7 Å². The van der Waals surface area contributed by atoms with Gasteiger partial charge in [0, 0.05) is 23.5 Å². The number of hydrogen-bond acceptors (Lipinski definition) is 4. The quantitative estimate of drug-likeness (QED) is 0.599. The summed E-state index contributed by atoms with van der Waals surface area (Å²) in [5.41, 5.74) is 2.88. The summed E-state index contributed by atoms with van der Waals surface area (Å²) in [5, 5.41) is 3.12. The molecule has 0 spiro atoms. The maximum absolute atomic E-state index is 12.2. The van der Waals surface area contributed by atoms with Gasteiger partial charge in [-0.25, -0.2) is 0 Å². The van der Waals surface area contributed by atoms with Crippen molar-refractivity contribution in [1.29, 1.82) is 0 Å². The van der Waals surface area contributed by atoms with Gasteiger partial charge in [0.2, 0.25) is 6.79 Å². The van der Waals surface area contributed by atoms with Crippen LogP contribution in [-0.4, -0.2) is 12.6 Å². The predicted molar refractivity (Wildman–Crippen MR) is 94.7 cm³/mol. The van der Waals surface area contributed by atoms with Crippen LogP contribution in [-0.2, 0) is 6.42 Å². The lowest BCUT2D eigenvalue weighted by atomic mass is 10.1. The number of rotatable bonds is 7. The molecule has 0 fully saturated rings. The van der Waals surface area contributed by atoms with Crippen molar-refractivity contribution < 1.29 is 14.3 Å². The first-order valence-electron chi connectivity index (χ1n) is 8.22. The Morgan fingerprint density at radius 1 is 1.12 bits per heavy atom. The van der Waals surface area contributed by atoms with Gasteiger partial charge in [0.15, 0.2) is 17.3 Å². The number of ketones is 1. The van der Waals surface area contributed by atoms with E-state index in [4.69, 9.17) is 9.47 Å². The Balaban J connectivity index is 1.56. The summed E-state index contributed by atoms with van der Waals surface area (Å²) < 4.78 is 10.5. The van der Waals surface area contributed by atoms with Gasteiger partial charge in [-0.05, 0) is 48.7 Å². The van der Waals surface area contributed by atoms with Crippen molar-refractivity contribution >= 4 is 11.5 Å². The number of allylic oxidation sites excluding steroid dienone is 1. The van der Waals surface area contributed by atoms with Crippen molar-refractivity contribution in [2.24, 2.45) is 0 Å². The predicted octanol–water partition coefficient (Wildman–Crippen LogP) is 4.57. The van der Waals surface area contributed by atoms with Gasteiger partial charge in [-0.1, -0.05) is 25.5 Å². The SMILES string of the molecule is CCCCc1ccc(NC=CC(=O)c2ccc3c(c2)OCO3)cc1. The lowest BCUT2D eigenvalue weighted by molar-refractivity contribution is 0.104. The minimum atomic E-state index is -0.0830. The fourth-order valence-electron chi connectivity index (χ4n) is 2.51. The number of carbonyl (C=O) groups is 1. The molecule has 0 unspecified atom stereocenters. The monoisotopic (exact) mass is 323 g/mol. The number of unbranched alkanes of at least 4 members (excludes halogenated alkanes) is 1. The molecule has 3 rings (SSSR count). The van der Waals surface area contributed by atoms with Crippen molar-refractivity contribution in [2.45, 2.75) is 26.2 Å². The van der Waals surface area contributed by atoms with Gasteiger partial charge in [0.25, 0.3) is 0 Å². The fraction of sp³-hybridized carbons (Fsp3) is 0.250. The number of benzene rings is 2. The maximum atomic E-state index is 12.2. The first kappa shape index (κ1) is 16.1. The van der Waals surface area contributed by atoms with Crippen LogP contribution in [0.25, 0.3) is 0 Å². The van der Waals surface area contributed by atoms with Gasteiger partial charge < -0.3 is 14.8 Å². The average molecular weight is 323 g/mol. The molecule has 0 atom stereocenters. The Morgan fingerprint density at radius 2 is 1.92 bits per heavy atom. The third-order valence-corrected chi connectivity index (χ3v) is 3.91. The molecule has 4 heteroatoms. The van der Waals surface area contributed by atoms with Crippen LogP contribution in [0.1, 0.15) is 35.7 Å². The Bertz CT molecular complexity index is 735. The number of anilines is 1. The molecule has 0 bridgehead atoms. The first-order chi connectivity index (χ1) is 11.8. The molecule has 0 saturated carbocycles. The van der Waals surface area contributed by atoms with E-state index in [1.807, 2.05) is 12.1 Å². The van der Waals surface area contributed by atoms with Crippen molar-refractivity contribution in [3.63, 3.8) is 0 Å². The Morgan fingerprint density at radius 3 is 2.71 bits per heavy atom. The minimum absolute atomic E-state index is 0.0830. The summed E-state index contributed by atoms with van der Waals surface area (Å²) in [4.78, 5) is 12.2. The van der Waals surface area contributed by atoms with Crippen LogP contribution >= 0.6 is 0 Å². The molecule has 1 N–H and O–H groups in total. The second-order valence-electron chi connectivity index (χ2n) is 5.71. The number of fused-ring (bicyclic) bond motifs is 1. The van der Waals surface area contributed by atoms with Crippen molar-refractivity contribution in [3.8, 4) is 11.5 Å². The number of ether oxygens (including phenoxy) is 2. The summed E-state index contributed by atoms with van der Waals surface area (Å²) in [5.74, 6) is 1.21. The van der Waals surface area contributed by atoms with Gasteiger partial charge in [-0.15, -0.1) is 0 Å². The molecule has 2 aromatic rings. The van der Waals surface area contributed by atoms with E-state index in [1.165, 1.54) is 24.5 Å². The van der Waals surface area contributed by atoms with E-state index in [-0.39, 0.29) is 12.6 Å². The molecule has 2 aromatic carbocycles. The van der Waals surface area contributed by atoms with E-state index in [0.29, 0.717) is 17.1 Å². The summed E-state index contributed by atoms with van der Waals surface area (Å²) in [7, 11) is 0. The van der Waals surface area contributed by atoms with Crippen LogP contribution in [0.2, 0.25) is 0 Å². The van der Waals surface area contributed by atoms with Crippen LogP contribution in [0.5, 0.6) is 11.5 Å². The topological polar surface area (TPSA) is 47.6 Å². The zero-order chi connectivity index (χ0) is 16.8. The van der Waals surface area contributed by atoms with E-state index >= 15 is 0 Å². The fourth-order valence-corrected chi connectivity index (χ4v) is 2.51. The highest BCUT2D eigenvalue weighted by Crippen LogP contribution is 2.32. The van der Waals surface area contributed by atoms with Gasteiger partial charge in [0.1, 0.15) is 0 Å². The zero-order valence-electron chi connectivity index (χ0n) is 13.7. The van der Waals surface area contributed by atoms with Crippen LogP contribution < -0.4 is 14.8 Å². The molecule has 0 aliphatic carbocycles. The van der Waals surface area contributed by atoms with E-state index in [9.17, 15) is 4.79 Å². The molecule has 24 heavy (non-hydrogen) atoms. The summed E-state index contributed by atoms with van der Waals surface area (Å²) in [6.07, 6.45) is 6.69. The van der Waals surface area contributed by atoms with E-state index in [1.54, 1.807) is 24.4 Å². The van der Waals surface area contributed by atoms with Gasteiger partial charge >= 0.3 is 0 Å². The number of aryl methyl sites for hydroxylation is 1. The molecule has 0 aromatic heterocycles. The van der Waals surface area contributed by atoms with Crippen LogP contribution in [0.4, 0.5) is 5.69 Å². The highest BCUT2D eigenvalue weighted by Gasteiger charge is 2.14. The highest BCUT2D eigenvalue weighted by atomic mass is 16.7. The summed E-state index contributed by atoms with van der Waals surface area (Å²) in [6.45, 7) is 2.40. The maximum Gasteiger partial charge on any atom is 0.231 e. The smallest absolute Gasteiger partial charge is 0.231 e. The molecule has 4 nitrogen and oxygen atoms in total. The molecular weight excluding hydrogens is 302 g/mol. The average Bonchev–Trinajstić information content (AvgIpc) is 3.08. The molecule has 1 heterocycles. The van der Waals surface area contributed by atoms with E-state index in [2.05, 4.69) is 24.4 Å².